The van der Waals surface area contributed by atoms with Gasteiger partial charge in [0, 0.05) is 9.58 Å². The van der Waals surface area contributed by atoms with E-state index in [0.717, 1.165) is 4.88 Å². The van der Waals surface area contributed by atoms with Crippen LogP contribution in [0.1, 0.15) is 32.1 Å². The zero-order chi connectivity index (χ0) is 14.4. The van der Waals surface area contributed by atoms with Crippen LogP contribution in [0.3, 0.4) is 0 Å². The van der Waals surface area contributed by atoms with Crippen LogP contribution in [0, 0.1) is 0 Å². The first kappa shape index (κ1) is 13.6. The van der Waals surface area contributed by atoms with Gasteiger partial charge in [-0.05, 0) is 37.8 Å². The summed E-state index contributed by atoms with van der Waals surface area (Å²) in [6, 6.07) is 10.3. The first-order valence-corrected chi connectivity index (χ1v) is 7.75. The number of epoxide rings is 1. The molecule has 1 aliphatic heterocycles. The van der Waals surface area contributed by atoms with Crippen LogP contribution in [0.25, 0.3) is 10.1 Å². The average molecular weight is 290 g/mol. The van der Waals surface area contributed by atoms with Crippen molar-refractivity contribution in [3.05, 3.63) is 35.2 Å². The molecule has 3 nitrogen and oxygen atoms in total. The maximum Gasteiger partial charge on any atom is 0.341 e. The molecular weight excluding hydrogens is 272 g/mol. The summed E-state index contributed by atoms with van der Waals surface area (Å²) in [7, 11) is 0. The summed E-state index contributed by atoms with van der Waals surface area (Å²) in [5, 5.41) is 1.19. The van der Waals surface area contributed by atoms with E-state index in [1.54, 1.807) is 11.3 Å². The monoisotopic (exact) mass is 290 g/mol. The minimum Gasteiger partial charge on any atom is -0.464 e. The Morgan fingerprint density at radius 3 is 2.75 bits per heavy atom. The van der Waals surface area contributed by atoms with Crippen molar-refractivity contribution in [2.75, 3.05) is 6.61 Å². The third-order valence-electron chi connectivity index (χ3n) is 4.11. The van der Waals surface area contributed by atoms with Gasteiger partial charge in [0.25, 0.3) is 0 Å². The Kier molecular flexibility index (Phi) is 3.10. The molecule has 1 fully saturated rings. The number of hydrogen-bond acceptors (Lipinski definition) is 4. The van der Waals surface area contributed by atoms with E-state index < -0.39 is 11.2 Å². The summed E-state index contributed by atoms with van der Waals surface area (Å²) in [4.78, 5) is 13.3. The summed E-state index contributed by atoms with van der Waals surface area (Å²) in [5.74, 6) is -0.248. The number of hydrogen-bond donors (Lipinski definition) is 0. The minimum atomic E-state index is -0.816. The van der Waals surface area contributed by atoms with E-state index in [1.807, 2.05) is 32.9 Å². The molecule has 1 aliphatic rings. The molecule has 2 unspecified atom stereocenters. The van der Waals surface area contributed by atoms with Crippen LogP contribution >= 0.6 is 11.3 Å². The summed E-state index contributed by atoms with van der Waals surface area (Å²) in [6.07, 6.45) is 0.622. The van der Waals surface area contributed by atoms with Crippen LogP contribution in [0.15, 0.2) is 30.3 Å². The topological polar surface area (TPSA) is 38.8 Å². The normalized spacial score (nSPS) is 28.6. The second kappa shape index (κ2) is 4.57. The number of benzene rings is 1. The summed E-state index contributed by atoms with van der Waals surface area (Å²) in [6.45, 7) is 6.15. The molecule has 1 aromatic carbocycles. The van der Waals surface area contributed by atoms with Gasteiger partial charge in [-0.1, -0.05) is 25.1 Å². The van der Waals surface area contributed by atoms with Crippen molar-refractivity contribution >= 4 is 27.4 Å². The highest BCUT2D eigenvalue weighted by molar-refractivity contribution is 7.19. The first-order chi connectivity index (χ1) is 9.57. The lowest BCUT2D eigenvalue weighted by molar-refractivity contribution is -0.149. The van der Waals surface area contributed by atoms with Crippen molar-refractivity contribution in [2.45, 2.75) is 38.4 Å². The highest BCUT2D eigenvalue weighted by atomic mass is 32.1. The van der Waals surface area contributed by atoms with Gasteiger partial charge in [0.1, 0.15) is 5.60 Å². The van der Waals surface area contributed by atoms with E-state index in [4.69, 9.17) is 9.47 Å². The molecule has 20 heavy (non-hydrogen) atoms. The molecular formula is C16H18O3S. The SMILES string of the molecule is CCOC(=O)C1(CC)OC1(C)c1cc2ccccc2s1. The van der Waals surface area contributed by atoms with Crippen molar-refractivity contribution in [3.8, 4) is 0 Å². The quantitative estimate of drug-likeness (QED) is 0.634. The molecule has 106 valence electrons. The second-order valence-electron chi connectivity index (χ2n) is 5.18. The molecule has 2 aromatic rings. The zero-order valence-corrected chi connectivity index (χ0v) is 12.8. The minimum absolute atomic E-state index is 0.248. The van der Waals surface area contributed by atoms with Crippen molar-refractivity contribution in [1.82, 2.24) is 0 Å². The van der Waals surface area contributed by atoms with Crippen LogP contribution in [-0.2, 0) is 19.9 Å². The Morgan fingerprint density at radius 1 is 1.35 bits per heavy atom. The van der Waals surface area contributed by atoms with Crippen LogP contribution < -0.4 is 0 Å². The van der Waals surface area contributed by atoms with Crippen LogP contribution in [-0.4, -0.2) is 18.2 Å². The molecule has 4 heteroatoms. The molecule has 2 atom stereocenters. The number of carbonyl (C=O) groups excluding carboxylic acids is 1. The van der Waals surface area contributed by atoms with Gasteiger partial charge < -0.3 is 9.47 Å². The largest absolute Gasteiger partial charge is 0.464 e. The van der Waals surface area contributed by atoms with Crippen molar-refractivity contribution in [1.29, 1.82) is 0 Å². The fraction of sp³-hybridized carbons (Fsp3) is 0.438. The van der Waals surface area contributed by atoms with Gasteiger partial charge in [-0.2, -0.15) is 0 Å². The highest BCUT2D eigenvalue weighted by Gasteiger charge is 2.73. The molecule has 0 amide bonds. The molecule has 0 N–H and O–H groups in total. The smallest absolute Gasteiger partial charge is 0.341 e. The summed E-state index contributed by atoms with van der Waals surface area (Å²) < 4.78 is 12.3. The molecule has 0 saturated carbocycles. The average Bonchev–Trinajstić information content (AvgIpc) is 2.87. The molecule has 0 spiro atoms. The van der Waals surface area contributed by atoms with E-state index in [9.17, 15) is 4.79 Å². The van der Waals surface area contributed by atoms with Crippen LogP contribution in [0.2, 0.25) is 0 Å². The van der Waals surface area contributed by atoms with E-state index in [-0.39, 0.29) is 5.97 Å². The van der Waals surface area contributed by atoms with E-state index >= 15 is 0 Å². The molecule has 3 rings (SSSR count). The van der Waals surface area contributed by atoms with Gasteiger partial charge in [-0.3, -0.25) is 0 Å². The van der Waals surface area contributed by atoms with Crippen LogP contribution in [0.4, 0.5) is 0 Å². The predicted molar refractivity (Wildman–Crippen MR) is 79.9 cm³/mol. The highest BCUT2D eigenvalue weighted by Crippen LogP contribution is 2.60. The molecule has 1 saturated heterocycles. The van der Waals surface area contributed by atoms with Crippen LogP contribution in [0.5, 0.6) is 0 Å². The zero-order valence-electron chi connectivity index (χ0n) is 11.9. The van der Waals surface area contributed by atoms with Gasteiger partial charge in [-0.25, -0.2) is 4.79 Å². The molecule has 1 aromatic heterocycles. The molecule has 0 radical (unpaired) electrons. The number of rotatable bonds is 4. The fourth-order valence-corrected chi connectivity index (χ4v) is 4.04. The van der Waals surface area contributed by atoms with Gasteiger partial charge >= 0.3 is 5.97 Å². The number of fused-ring (bicyclic) bond motifs is 1. The third-order valence-corrected chi connectivity index (χ3v) is 5.43. The van der Waals surface area contributed by atoms with Crippen molar-refractivity contribution in [3.63, 3.8) is 0 Å². The second-order valence-corrected chi connectivity index (χ2v) is 6.27. The van der Waals surface area contributed by atoms with Gasteiger partial charge in [-0.15, -0.1) is 11.3 Å². The fourth-order valence-electron chi connectivity index (χ4n) is 2.83. The van der Waals surface area contributed by atoms with Crippen molar-refractivity contribution < 1.29 is 14.3 Å². The van der Waals surface area contributed by atoms with Gasteiger partial charge in [0.05, 0.1) is 6.61 Å². The standard InChI is InChI=1S/C16H18O3S/c1-4-16(14(17)18-5-2)15(3,19-16)13-10-11-8-6-7-9-12(11)20-13/h6-10H,4-5H2,1-3H3. The lowest BCUT2D eigenvalue weighted by atomic mass is 9.90. The van der Waals surface area contributed by atoms with E-state index in [1.165, 1.54) is 10.1 Å². The Morgan fingerprint density at radius 2 is 2.10 bits per heavy atom. The first-order valence-electron chi connectivity index (χ1n) is 6.94. The van der Waals surface area contributed by atoms with Gasteiger partial charge in [0.2, 0.25) is 0 Å². The summed E-state index contributed by atoms with van der Waals surface area (Å²) >= 11 is 1.69. The Hall–Kier alpha value is -1.39. The lowest BCUT2D eigenvalue weighted by Crippen LogP contribution is -2.32. The molecule has 0 bridgehead atoms. The maximum atomic E-state index is 12.2. The van der Waals surface area contributed by atoms with Crippen molar-refractivity contribution in [2.24, 2.45) is 0 Å². The molecule has 2 heterocycles. The van der Waals surface area contributed by atoms with Gasteiger partial charge in [0.15, 0.2) is 5.60 Å². The molecule has 0 aliphatic carbocycles. The number of esters is 1. The maximum absolute atomic E-state index is 12.2. The number of thiophene rings is 1. The van der Waals surface area contributed by atoms with E-state index in [0.29, 0.717) is 13.0 Å². The Balaban J connectivity index is 1.99. The summed E-state index contributed by atoms with van der Waals surface area (Å²) in [5.41, 5.74) is -1.37. The van der Waals surface area contributed by atoms with E-state index in [2.05, 4.69) is 18.2 Å². The predicted octanol–water partition coefficient (Wildman–Crippen LogP) is 3.86. The Bertz CT molecular complexity index is 630. The number of ether oxygens (including phenoxy) is 2. The lowest BCUT2D eigenvalue weighted by Gasteiger charge is -2.12. The third kappa shape index (κ3) is 1.71. The number of carbonyl (C=O) groups is 1. The Labute approximate surface area is 122 Å².